The quantitative estimate of drug-likeness (QED) is 0.741. The third-order valence-corrected chi connectivity index (χ3v) is 4.08. The van der Waals surface area contributed by atoms with Crippen LogP contribution in [0.5, 0.6) is 0 Å². The van der Waals surface area contributed by atoms with E-state index in [0.29, 0.717) is 11.3 Å². The summed E-state index contributed by atoms with van der Waals surface area (Å²) in [6.07, 6.45) is 0. The molecule has 0 fully saturated rings. The second-order valence-electron chi connectivity index (χ2n) is 4.87. The third kappa shape index (κ3) is 3.86. The molecule has 0 radical (unpaired) electrons. The van der Waals surface area contributed by atoms with Gasteiger partial charge in [-0.1, -0.05) is 54.3 Å². The van der Waals surface area contributed by atoms with Crippen molar-refractivity contribution in [1.82, 2.24) is 10.3 Å². The van der Waals surface area contributed by atoms with E-state index in [2.05, 4.69) is 22.1 Å². The van der Waals surface area contributed by atoms with Crippen molar-refractivity contribution in [3.8, 4) is 22.4 Å². The molecule has 0 aliphatic heterocycles. The molecular formula is C19H13FN2OS. The van der Waals surface area contributed by atoms with Crippen LogP contribution in [0.4, 0.5) is 4.39 Å². The SMILES string of the molecule is O=C(NCC#Cc1ccccc1F)c1csc(-c2ccccc2)n1. The Morgan fingerprint density at radius 1 is 1.12 bits per heavy atom. The fourth-order valence-corrected chi connectivity index (χ4v) is 2.81. The Hall–Kier alpha value is -2.97. The summed E-state index contributed by atoms with van der Waals surface area (Å²) >= 11 is 1.41. The first-order valence-corrected chi connectivity index (χ1v) is 8.14. The Balaban J connectivity index is 1.61. The second kappa shape index (κ2) is 7.53. The van der Waals surface area contributed by atoms with Gasteiger partial charge in [0, 0.05) is 10.9 Å². The molecule has 1 amide bonds. The number of nitrogens with one attached hydrogen (secondary N) is 1. The Morgan fingerprint density at radius 3 is 2.67 bits per heavy atom. The van der Waals surface area contributed by atoms with Crippen LogP contribution in [0.15, 0.2) is 60.0 Å². The summed E-state index contributed by atoms with van der Waals surface area (Å²) in [4.78, 5) is 16.4. The molecule has 3 rings (SSSR count). The van der Waals surface area contributed by atoms with Crippen molar-refractivity contribution < 1.29 is 9.18 Å². The van der Waals surface area contributed by atoms with Gasteiger partial charge in [-0.15, -0.1) is 11.3 Å². The van der Waals surface area contributed by atoms with Crippen LogP contribution in [-0.4, -0.2) is 17.4 Å². The number of carbonyl (C=O) groups is 1. The molecule has 118 valence electrons. The average molecular weight is 336 g/mol. The van der Waals surface area contributed by atoms with Crippen molar-refractivity contribution in [3.63, 3.8) is 0 Å². The van der Waals surface area contributed by atoms with Crippen LogP contribution in [0.2, 0.25) is 0 Å². The molecule has 0 bridgehead atoms. The maximum atomic E-state index is 13.4. The summed E-state index contributed by atoms with van der Waals surface area (Å²) in [7, 11) is 0. The van der Waals surface area contributed by atoms with E-state index >= 15 is 0 Å². The number of aromatic nitrogens is 1. The van der Waals surface area contributed by atoms with Gasteiger partial charge in [-0.05, 0) is 12.1 Å². The van der Waals surface area contributed by atoms with Crippen LogP contribution in [0.3, 0.4) is 0 Å². The van der Waals surface area contributed by atoms with E-state index in [9.17, 15) is 9.18 Å². The maximum absolute atomic E-state index is 13.4. The van der Waals surface area contributed by atoms with Crippen LogP contribution in [0.25, 0.3) is 10.6 Å². The lowest BCUT2D eigenvalue weighted by atomic mass is 10.2. The largest absolute Gasteiger partial charge is 0.340 e. The highest BCUT2D eigenvalue weighted by atomic mass is 32.1. The molecule has 24 heavy (non-hydrogen) atoms. The van der Waals surface area contributed by atoms with E-state index in [1.54, 1.807) is 23.6 Å². The first-order chi connectivity index (χ1) is 11.7. The predicted octanol–water partition coefficient (Wildman–Crippen LogP) is 3.73. The lowest BCUT2D eigenvalue weighted by Gasteiger charge is -1.97. The molecule has 0 atom stereocenters. The van der Waals surface area contributed by atoms with Gasteiger partial charge in [-0.3, -0.25) is 4.79 Å². The third-order valence-electron chi connectivity index (χ3n) is 3.19. The minimum atomic E-state index is -0.372. The minimum absolute atomic E-state index is 0.130. The van der Waals surface area contributed by atoms with Gasteiger partial charge in [0.2, 0.25) is 0 Å². The Labute approximate surface area is 143 Å². The summed E-state index contributed by atoms with van der Waals surface area (Å²) in [5.41, 5.74) is 1.64. The van der Waals surface area contributed by atoms with E-state index in [1.165, 1.54) is 17.4 Å². The van der Waals surface area contributed by atoms with Crippen molar-refractivity contribution >= 4 is 17.2 Å². The minimum Gasteiger partial charge on any atom is -0.340 e. The van der Waals surface area contributed by atoms with Gasteiger partial charge in [0.05, 0.1) is 12.1 Å². The molecular weight excluding hydrogens is 323 g/mol. The van der Waals surface area contributed by atoms with Gasteiger partial charge in [0.15, 0.2) is 0 Å². The van der Waals surface area contributed by atoms with Crippen LogP contribution >= 0.6 is 11.3 Å². The van der Waals surface area contributed by atoms with Crippen molar-refractivity contribution in [2.75, 3.05) is 6.54 Å². The van der Waals surface area contributed by atoms with E-state index in [-0.39, 0.29) is 18.3 Å². The lowest BCUT2D eigenvalue weighted by Crippen LogP contribution is -2.23. The fourth-order valence-electron chi connectivity index (χ4n) is 2.01. The zero-order valence-corrected chi connectivity index (χ0v) is 13.4. The molecule has 0 aliphatic rings. The zero-order chi connectivity index (χ0) is 16.8. The number of halogens is 1. The molecule has 0 unspecified atom stereocenters. The summed E-state index contributed by atoms with van der Waals surface area (Å²) < 4.78 is 13.4. The average Bonchev–Trinajstić information content (AvgIpc) is 3.11. The van der Waals surface area contributed by atoms with Gasteiger partial charge in [-0.25, -0.2) is 9.37 Å². The molecule has 0 aliphatic carbocycles. The van der Waals surface area contributed by atoms with Gasteiger partial charge in [-0.2, -0.15) is 0 Å². The Bertz CT molecular complexity index is 910. The lowest BCUT2D eigenvalue weighted by molar-refractivity contribution is 0.0954. The fraction of sp³-hybridized carbons (Fsp3) is 0.0526. The highest BCUT2D eigenvalue weighted by Crippen LogP contribution is 2.23. The molecule has 0 saturated carbocycles. The Morgan fingerprint density at radius 2 is 1.88 bits per heavy atom. The zero-order valence-electron chi connectivity index (χ0n) is 12.6. The summed E-state index contributed by atoms with van der Waals surface area (Å²) in [5, 5.41) is 5.16. The maximum Gasteiger partial charge on any atom is 0.271 e. The van der Waals surface area contributed by atoms with Gasteiger partial charge < -0.3 is 5.32 Å². The number of hydrogen-bond acceptors (Lipinski definition) is 3. The highest BCUT2D eigenvalue weighted by Gasteiger charge is 2.10. The van der Waals surface area contributed by atoms with Gasteiger partial charge in [0.25, 0.3) is 5.91 Å². The standard InChI is InChI=1S/C19H13FN2OS/c20-16-11-5-4-7-14(16)10-6-12-21-18(23)17-13-24-19(22-17)15-8-2-1-3-9-15/h1-5,7-9,11,13H,12H2,(H,21,23). The summed E-state index contributed by atoms with van der Waals surface area (Å²) in [6.45, 7) is 0.130. The van der Waals surface area contributed by atoms with E-state index < -0.39 is 0 Å². The molecule has 1 heterocycles. The molecule has 5 heteroatoms. The summed E-state index contributed by atoms with van der Waals surface area (Å²) in [5.74, 6) is 4.76. The first kappa shape index (κ1) is 15.9. The molecule has 0 spiro atoms. The smallest absolute Gasteiger partial charge is 0.271 e. The van der Waals surface area contributed by atoms with Crippen molar-refractivity contribution in [3.05, 3.63) is 77.1 Å². The number of nitrogens with zero attached hydrogens (tertiary/aromatic N) is 1. The van der Waals surface area contributed by atoms with E-state index in [4.69, 9.17) is 0 Å². The number of hydrogen-bond donors (Lipinski definition) is 1. The van der Waals surface area contributed by atoms with Crippen molar-refractivity contribution in [1.29, 1.82) is 0 Å². The normalized spacial score (nSPS) is 9.88. The monoisotopic (exact) mass is 336 g/mol. The number of amides is 1. The number of benzene rings is 2. The van der Waals surface area contributed by atoms with Crippen LogP contribution in [-0.2, 0) is 0 Å². The van der Waals surface area contributed by atoms with Crippen molar-refractivity contribution in [2.45, 2.75) is 0 Å². The molecule has 3 nitrogen and oxygen atoms in total. The Kier molecular flexibility index (Phi) is 4.99. The molecule has 2 aromatic carbocycles. The number of thiazole rings is 1. The van der Waals surface area contributed by atoms with E-state index in [1.807, 2.05) is 30.3 Å². The topological polar surface area (TPSA) is 42.0 Å². The number of carbonyl (C=O) groups excluding carboxylic acids is 1. The van der Waals surface area contributed by atoms with Gasteiger partial charge in [0.1, 0.15) is 16.5 Å². The van der Waals surface area contributed by atoms with Gasteiger partial charge >= 0.3 is 0 Å². The van der Waals surface area contributed by atoms with Crippen LogP contribution < -0.4 is 5.32 Å². The van der Waals surface area contributed by atoms with Crippen LogP contribution in [0.1, 0.15) is 16.1 Å². The first-order valence-electron chi connectivity index (χ1n) is 7.26. The summed E-state index contributed by atoms with van der Waals surface area (Å²) in [6, 6.07) is 15.9. The van der Waals surface area contributed by atoms with E-state index in [0.717, 1.165) is 10.6 Å². The molecule has 3 aromatic rings. The molecule has 1 N–H and O–H groups in total. The van der Waals surface area contributed by atoms with Crippen LogP contribution in [0, 0.1) is 17.7 Å². The molecule has 1 aromatic heterocycles. The molecule has 0 saturated heterocycles. The highest BCUT2D eigenvalue weighted by molar-refractivity contribution is 7.13. The second-order valence-corrected chi connectivity index (χ2v) is 5.73. The number of rotatable bonds is 3. The predicted molar refractivity (Wildman–Crippen MR) is 93.2 cm³/mol. The van der Waals surface area contributed by atoms with Crippen molar-refractivity contribution in [2.24, 2.45) is 0 Å².